The zero-order valence-electron chi connectivity index (χ0n) is 11.8. The smallest absolute Gasteiger partial charge is 0.361 e. The van der Waals surface area contributed by atoms with Crippen LogP contribution in [0.4, 0.5) is 11.4 Å². The van der Waals surface area contributed by atoms with Gasteiger partial charge in [0.05, 0.1) is 27.0 Å². The molecule has 2 aromatic rings. The van der Waals surface area contributed by atoms with Crippen LogP contribution in [0.5, 0.6) is 17.2 Å². The Morgan fingerprint density at radius 2 is 1.62 bits per heavy atom. The van der Waals surface area contributed by atoms with Crippen molar-refractivity contribution in [3.8, 4) is 17.2 Å². The molecule has 0 atom stereocenters. The van der Waals surface area contributed by atoms with Crippen molar-refractivity contribution in [3.63, 3.8) is 0 Å². The lowest BCUT2D eigenvalue weighted by Gasteiger charge is -2.11. The first-order chi connectivity index (χ1) is 11.3. The molecule has 0 heterocycles. The van der Waals surface area contributed by atoms with Gasteiger partial charge in [0, 0.05) is 11.1 Å². The van der Waals surface area contributed by atoms with E-state index in [1.807, 2.05) is 0 Å². The van der Waals surface area contributed by atoms with E-state index in [-0.39, 0.29) is 21.5 Å². The van der Waals surface area contributed by atoms with Crippen LogP contribution >= 0.6 is 34.8 Å². The molecule has 0 aliphatic heterocycles. The lowest BCUT2D eigenvalue weighted by atomic mass is 10.2. The van der Waals surface area contributed by atoms with E-state index in [4.69, 9.17) is 44.3 Å². The second-order valence-electron chi connectivity index (χ2n) is 4.28. The fourth-order valence-electron chi connectivity index (χ4n) is 1.85. The van der Waals surface area contributed by atoms with Crippen molar-refractivity contribution in [1.82, 2.24) is 0 Å². The predicted octanol–water partition coefficient (Wildman–Crippen LogP) is 5.26. The molecule has 0 unspecified atom stereocenters. The number of rotatable bonds is 5. The van der Waals surface area contributed by atoms with Crippen molar-refractivity contribution in [1.29, 1.82) is 0 Å². The van der Waals surface area contributed by atoms with Crippen molar-refractivity contribution in [2.24, 2.45) is 0 Å². The van der Waals surface area contributed by atoms with E-state index in [0.29, 0.717) is 5.02 Å². The van der Waals surface area contributed by atoms with Gasteiger partial charge in [-0.15, -0.1) is 0 Å². The van der Waals surface area contributed by atoms with Gasteiger partial charge in [-0.2, -0.15) is 0 Å². The average Bonchev–Trinajstić information content (AvgIpc) is 2.49. The zero-order valence-corrected chi connectivity index (χ0v) is 14.1. The lowest BCUT2D eigenvalue weighted by Crippen LogP contribution is -2.02. The number of ether oxygens (including phenoxy) is 2. The summed E-state index contributed by atoms with van der Waals surface area (Å²) < 4.78 is 10.2. The van der Waals surface area contributed by atoms with E-state index in [2.05, 4.69) is 0 Å². The predicted molar refractivity (Wildman–Crippen MR) is 87.8 cm³/mol. The Labute approximate surface area is 149 Å². The minimum Gasteiger partial charge on any atom is -0.489 e. The normalized spacial score (nSPS) is 10.3. The van der Waals surface area contributed by atoms with Crippen LogP contribution in [-0.4, -0.2) is 17.0 Å². The Morgan fingerprint density at radius 1 is 0.958 bits per heavy atom. The van der Waals surface area contributed by atoms with Crippen LogP contribution in [0, 0.1) is 20.2 Å². The molecule has 24 heavy (non-hydrogen) atoms. The van der Waals surface area contributed by atoms with Crippen LogP contribution in [0.3, 0.4) is 0 Å². The van der Waals surface area contributed by atoms with Crippen LogP contribution in [-0.2, 0) is 0 Å². The largest absolute Gasteiger partial charge is 0.489 e. The number of benzene rings is 2. The fraction of sp³-hybridized carbons (Fsp3) is 0.0769. The van der Waals surface area contributed by atoms with Crippen LogP contribution in [0.2, 0.25) is 15.1 Å². The Balaban J connectivity index is 2.74. The van der Waals surface area contributed by atoms with Gasteiger partial charge in [0.25, 0.3) is 5.75 Å². The van der Waals surface area contributed by atoms with Crippen LogP contribution in [0.15, 0.2) is 24.3 Å². The Hall–Kier alpha value is -2.29. The highest BCUT2D eigenvalue weighted by Crippen LogP contribution is 2.50. The number of hydrogen-bond donors (Lipinski definition) is 0. The highest BCUT2D eigenvalue weighted by Gasteiger charge is 2.35. The third-order valence-corrected chi connectivity index (χ3v) is 3.64. The third kappa shape index (κ3) is 3.45. The minimum atomic E-state index is -0.892. The SMILES string of the molecule is COc1c(Cl)cc([N+](=O)[O-])c(Oc2ccc(Cl)cc2Cl)c1[N+](=O)[O-]. The highest BCUT2D eigenvalue weighted by atomic mass is 35.5. The first-order valence-corrected chi connectivity index (χ1v) is 7.21. The first-order valence-electron chi connectivity index (χ1n) is 6.08. The average molecular weight is 394 g/mol. The van der Waals surface area contributed by atoms with E-state index in [0.717, 1.165) is 13.2 Å². The van der Waals surface area contributed by atoms with Gasteiger partial charge in [0.15, 0.2) is 0 Å². The molecule has 0 radical (unpaired) electrons. The van der Waals surface area contributed by atoms with Crippen molar-refractivity contribution >= 4 is 46.2 Å². The van der Waals surface area contributed by atoms with Crippen molar-refractivity contribution in [2.45, 2.75) is 0 Å². The molecule has 0 bridgehead atoms. The highest BCUT2D eigenvalue weighted by molar-refractivity contribution is 6.35. The molecular formula is C13H7Cl3N2O6. The van der Waals surface area contributed by atoms with Crippen LogP contribution in [0.25, 0.3) is 0 Å². The number of nitro benzene ring substituents is 2. The lowest BCUT2D eigenvalue weighted by molar-refractivity contribution is -0.396. The minimum absolute atomic E-state index is 0.0139. The molecule has 0 spiro atoms. The Morgan fingerprint density at radius 3 is 2.12 bits per heavy atom. The summed E-state index contributed by atoms with van der Waals surface area (Å²) in [4.78, 5) is 20.8. The molecule has 0 aliphatic carbocycles. The van der Waals surface area contributed by atoms with E-state index in [1.54, 1.807) is 0 Å². The number of nitrogens with zero attached hydrogens (tertiary/aromatic N) is 2. The maximum Gasteiger partial charge on any atom is 0.361 e. The molecule has 0 fully saturated rings. The maximum absolute atomic E-state index is 11.4. The summed E-state index contributed by atoms with van der Waals surface area (Å²) >= 11 is 17.5. The monoisotopic (exact) mass is 392 g/mol. The standard InChI is InChI=1S/C13H7Cl3N2O6/c1-23-12-8(16)5-9(17(19)20)13(11(12)18(21)22)24-10-3-2-6(14)4-7(10)15/h2-5H,1H3. The van der Waals surface area contributed by atoms with E-state index < -0.39 is 27.0 Å². The topological polar surface area (TPSA) is 105 Å². The molecule has 0 saturated heterocycles. The van der Waals surface area contributed by atoms with Crippen molar-refractivity contribution in [3.05, 3.63) is 59.6 Å². The summed E-state index contributed by atoms with van der Waals surface area (Å²) in [7, 11) is 1.14. The van der Waals surface area contributed by atoms with Gasteiger partial charge in [-0.05, 0) is 18.2 Å². The van der Waals surface area contributed by atoms with Gasteiger partial charge in [0.2, 0.25) is 5.75 Å². The summed E-state index contributed by atoms with van der Waals surface area (Å²) in [6.45, 7) is 0. The molecule has 8 nitrogen and oxygen atoms in total. The second-order valence-corrected chi connectivity index (χ2v) is 5.53. The van der Waals surface area contributed by atoms with Gasteiger partial charge in [-0.25, -0.2) is 0 Å². The fourth-order valence-corrected chi connectivity index (χ4v) is 2.57. The van der Waals surface area contributed by atoms with Gasteiger partial charge in [-0.3, -0.25) is 20.2 Å². The number of methoxy groups -OCH3 is 1. The Kier molecular flexibility index (Phi) is 5.33. The molecule has 2 aromatic carbocycles. The number of hydrogen-bond acceptors (Lipinski definition) is 6. The van der Waals surface area contributed by atoms with Gasteiger partial charge in [0.1, 0.15) is 5.75 Å². The van der Waals surface area contributed by atoms with Gasteiger partial charge < -0.3 is 9.47 Å². The second kappa shape index (κ2) is 7.08. The molecule has 0 amide bonds. The van der Waals surface area contributed by atoms with Crippen molar-refractivity contribution < 1.29 is 19.3 Å². The van der Waals surface area contributed by atoms with Crippen LogP contribution in [0.1, 0.15) is 0 Å². The maximum atomic E-state index is 11.4. The molecule has 0 aliphatic rings. The summed E-state index contributed by atoms with van der Waals surface area (Å²) in [6, 6.07) is 4.95. The molecule has 126 valence electrons. The zero-order chi connectivity index (χ0) is 18.0. The summed E-state index contributed by atoms with van der Waals surface area (Å²) in [6.07, 6.45) is 0. The van der Waals surface area contributed by atoms with E-state index in [1.165, 1.54) is 18.2 Å². The molecule has 0 saturated carbocycles. The van der Waals surface area contributed by atoms with Gasteiger partial charge in [-0.1, -0.05) is 34.8 Å². The molecule has 2 rings (SSSR count). The Bertz CT molecular complexity index is 843. The summed E-state index contributed by atoms with van der Waals surface area (Å²) in [5.41, 5.74) is -1.50. The molecule has 11 heteroatoms. The van der Waals surface area contributed by atoms with E-state index >= 15 is 0 Å². The quantitative estimate of drug-likeness (QED) is 0.506. The molecular weight excluding hydrogens is 387 g/mol. The van der Waals surface area contributed by atoms with Crippen molar-refractivity contribution in [2.75, 3.05) is 7.11 Å². The van der Waals surface area contributed by atoms with Gasteiger partial charge >= 0.3 is 11.4 Å². The number of halogens is 3. The summed E-state index contributed by atoms with van der Waals surface area (Å²) in [5.74, 6) is -1.08. The third-order valence-electron chi connectivity index (χ3n) is 2.83. The van der Waals surface area contributed by atoms with Crippen LogP contribution < -0.4 is 9.47 Å². The first kappa shape index (κ1) is 18.1. The summed E-state index contributed by atoms with van der Waals surface area (Å²) in [5, 5.41) is 22.6. The number of nitro groups is 2. The molecule has 0 aromatic heterocycles. The van der Waals surface area contributed by atoms with E-state index in [9.17, 15) is 20.2 Å². The molecule has 0 N–H and O–H groups in total.